The van der Waals surface area contributed by atoms with Crippen molar-refractivity contribution < 1.29 is 9.53 Å². The van der Waals surface area contributed by atoms with Crippen LogP contribution in [0.1, 0.15) is 38.9 Å². The fourth-order valence-corrected chi connectivity index (χ4v) is 5.72. The average molecular weight is 547 g/mol. The first kappa shape index (κ1) is 25.9. The SMILES string of the molecule is O=C(c1ccc(Oc2nc(Cc3ccccc3)ns2)cc1)N1CCN(C(c2ccccc2)c2ccccc2)CC1. The van der Waals surface area contributed by atoms with E-state index in [2.05, 4.69) is 87.1 Å². The predicted molar refractivity (Wildman–Crippen MR) is 158 cm³/mol. The summed E-state index contributed by atoms with van der Waals surface area (Å²) < 4.78 is 10.3. The molecule has 1 aliphatic heterocycles. The molecule has 6 nitrogen and oxygen atoms in total. The van der Waals surface area contributed by atoms with E-state index in [-0.39, 0.29) is 11.9 Å². The van der Waals surface area contributed by atoms with Crippen molar-refractivity contribution in [2.45, 2.75) is 12.5 Å². The van der Waals surface area contributed by atoms with Crippen LogP contribution in [0.15, 0.2) is 115 Å². The third-order valence-electron chi connectivity index (χ3n) is 7.16. The normalized spacial score (nSPS) is 13.9. The molecule has 0 spiro atoms. The summed E-state index contributed by atoms with van der Waals surface area (Å²) in [5, 5.41) is 0.493. The Balaban J connectivity index is 1.06. The van der Waals surface area contributed by atoms with Gasteiger partial charge in [0, 0.05) is 49.7 Å². The van der Waals surface area contributed by atoms with Gasteiger partial charge in [0.05, 0.1) is 6.04 Å². The lowest BCUT2D eigenvalue weighted by molar-refractivity contribution is 0.0597. The summed E-state index contributed by atoms with van der Waals surface area (Å²) in [6.45, 7) is 2.98. The van der Waals surface area contributed by atoms with Crippen molar-refractivity contribution in [1.29, 1.82) is 0 Å². The van der Waals surface area contributed by atoms with E-state index in [4.69, 9.17) is 4.74 Å². The van der Waals surface area contributed by atoms with E-state index in [1.54, 1.807) is 0 Å². The molecule has 1 amide bonds. The van der Waals surface area contributed by atoms with Gasteiger partial charge in [0.2, 0.25) is 0 Å². The molecule has 0 bridgehead atoms. The van der Waals surface area contributed by atoms with Crippen molar-refractivity contribution in [2.75, 3.05) is 26.2 Å². The Morgan fingerprint density at radius 3 is 1.93 bits per heavy atom. The van der Waals surface area contributed by atoms with Crippen LogP contribution in [-0.2, 0) is 6.42 Å². The van der Waals surface area contributed by atoms with E-state index in [9.17, 15) is 4.79 Å². The number of amides is 1. The summed E-state index contributed by atoms with van der Waals surface area (Å²) in [4.78, 5) is 22.2. The fourth-order valence-electron chi connectivity index (χ4n) is 5.15. The zero-order chi connectivity index (χ0) is 27.1. The van der Waals surface area contributed by atoms with Crippen LogP contribution in [0.4, 0.5) is 0 Å². The van der Waals surface area contributed by atoms with Crippen molar-refractivity contribution in [2.24, 2.45) is 0 Å². The fraction of sp³-hybridized carbons (Fsp3) is 0.182. The van der Waals surface area contributed by atoms with Crippen LogP contribution in [0.3, 0.4) is 0 Å². The van der Waals surface area contributed by atoms with Crippen LogP contribution in [0.5, 0.6) is 10.9 Å². The molecule has 0 atom stereocenters. The van der Waals surface area contributed by atoms with Crippen LogP contribution in [0.25, 0.3) is 0 Å². The Morgan fingerprint density at radius 1 is 0.750 bits per heavy atom. The van der Waals surface area contributed by atoms with Crippen LogP contribution in [-0.4, -0.2) is 51.2 Å². The number of nitrogens with zero attached hydrogens (tertiary/aromatic N) is 4. The van der Waals surface area contributed by atoms with Gasteiger partial charge in [-0.3, -0.25) is 9.69 Å². The quantitative estimate of drug-likeness (QED) is 0.223. The van der Waals surface area contributed by atoms with Gasteiger partial charge < -0.3 is 9.64 Å². The summed E-state index contributed by atoms with van der Waals surface area (Å²) in [5.41, 5.74) is 4.36. The van der Waals surface area contributed by atoms with Crippen LogP contribution in [0, 0.1) is 0 Å². The van der Waals surface area contributed by atoms with E-state index in [0.29, 0.717) is 36.0 Å². The van der Waals surface area contributed by atoms with Crippen LogP contribution in [0.2, 0.25) is 0 Å². The molecule has 5 aromatic rings. The van der Waals surface area contributed by atoms with Crippen LogP contribution >= 0.6 is 11.5 Å². The van der Waals surface area contributed by atoms with Gasteiger partial charge >= 0.3 is 0 Å². The van der Waals surface area contributed by atoms with Gasteiger partial charge in [-0.05, 0) is 41.0 Å². The maximum absolute atomic E-state index is 13.3. The Bertz CT molecular complexity index is 1480. The highest BCUT2D eigenvalue weighted by Gasteiger charge is 2.28. The second-order valence-corrected chi connectivity index (χ2v) is 10.5. The molecule has 4 aromatic carbocycles. The molecule has 0 aliphatic carbocycles. The number of hydrogen-bond acceptors (Lipinski definition) is 6. The van der Waals surface area contributed by atoms with Gasteiger partial charge in [0.25, 0.3) is 11.1 Å². The summed E-state index contributed by atoms with van der Waals surface area (Å²) in [6.07, 6.45) is 0.666. The molecule has 40 heavy (non-hydrogen) atoms. The number of carbonyl (C=O) groups excluding carboxylic acids is 1. The predicted octanol–water partition coefficient (Wildman–Crippen LogP) is 6.47. The highest BCUT2D eigenvalue weighted by atomic mass is 32.1. The Kier molecular flexibility index (Phi) is 7.93. The van der Waals surface area contributed by atoms with Gasteiger partial charge in [0.1, 0.15) is 5.75 Å². The maximum Gasteiger partial charge on any atom is 0.298 e. The molecule has 0 N–H and O–H groups in total. The summed E-state index contributed by atoms with van der Waals surface area (Å²) >= 11 is 1.23. The minimum atomic E-state index is 0.0447. The molecule has 200 valence electrons. The molecule has 6 rings (SSSR count). The third kappa shape index (κ3) is 6.11. The van der Waals surface area contributed by atoms with Gasteiger partial charge in [-0.2, -0.15) is 9.36 Å². The van der Waals surface area contributed by atoms with Crippen LogP contribution < -0.4 is 4.74 Å². The lowest BCUT2D eigenvalue weighted by Gasteiger charge is -2.39. The molecule has 1 saturated heterocycles. The first-order chi connectivity index (χ1) is 19.7. The molecule has 0 radical (unpaired) electrons. The monoisotopic (exact) mass is 546 g/mol. The summed E-state index contributed by atoms with van der Waals surface area (Å²) in [5.74, 6) is 1.42. The smallest absolute Gasteiger partial charge is 0.298 e. The van der Waals surface area contributed by atoms with Gasteiger partial charge in [-0.25, -0.2) is 0 Å². The van der Waals surface area contributed by atoms with Gasteiger partial charge in [-0.15, -0.1) is 0 Å². The molecule has 2 heterocycles. The lowest BCUT2D eigenvalue weighted by Crippen LogP contribution is -2.49. The molecule has 0 saturated carbocycles. The van der Waals surface area contributed by atoms with Crippen molar-refractivity contribution in [3.63, 3.8) is 0 Å². The highest BCUT2D eigenvalue weighted by molar-refractivity contribution is 7.07. The molecule has 1 aromatic heterocycles. The van der Waals surface area contributed by atoms with Gasteiger partial charge in [0.15, 0.2) is 5.82 Å². The molecule has 0 unspecified atom stereocenters. The maximum atomic E-state index is 13.3. The standard InChI is InChI=1S/C33H30N4O2S/c38-32(28-16-18-29(19-17-28)39-33-34-30(35-40-33)24-25-10-4-1-5-11-25)37-22-20-36(21-23-37)31(26-12-6-2-7-13-26)27-14-8-3-9-15-27/h1-19,31H,20-24H2. The number of ether oxygens (including phenoxy) is 1. The Morgan fingerprint density at radius 2 is 1.32 bits per heavy atom. The highest BCUT2D eigenvalue weighted by Crippen LogP contribution is 2.30. The number of carbonyl (C=O) groups is 1. The number of piperazine rings is 1. The number of rotatable bonds is 8. The third-order valence-corrected chi connectivity index (χ3v) is 7.79. The minimum Gasteiger partial charge on any atom is -0.430 e. The Labute approximate surface area is 238 Å². The average Bonchev–Trinajstić information content (AvgIpc) is 3.45. The first-order valence-electron chi connectivity index (χ1n) is 13.5. The minimum absolute atomic E-state index is 0.0447. The van der Waals surface area contributed by atoms with Crippen molar-refractivity contribution >= 4 is 17.4 Å². The zero-order valence-corrected chi connectivity index (χ0v) is 22.9. The summed E-state index contributed by atoms with van der Waals surface area (Å²) in [7, 11) is 0. The molecular weight excluding hydrogens is 516 g/mol. The second kappa shape index (κ2) is 12.2. The number of hydrogen-bond donors (Lipinski definition) is 0. The largest absolute Gasteiger partial charge is 0.430 e. The first-order valence-corrected chi connectivity index (χ1v) is 14.3. The van der Waals surface area contributed by atoms with Gasteiger partial charge in [-0.1, -0.05) is 91.0 Å². The molecule has 7 heteroatoms. The lowest BCUT2D eigenvalue weighted by atomic mass is 9.96. The molecule has 1 aliphatic rings. The summed E-state index contributed by atoms with van der Waals surface area (Å²) in [6, 6.07) is 38.8. The van der Waals surface area contributed by atoms with E-state index in [1.807, 2.05) is 47.4 Å². The van der Waals surface area contributed by atoms with Crippen molar-refractivity contribution in [3.05, 3.63) is 143 Å². The zero-order valence-electron chi connectivity index (χ0n) is 22.1. The topological polar surface area (TPSA) is 58.6 Å². The molecular formula is C33H30N4O2S. The number of benzene rings is 4. The van der Waals surface area contributed by atoms with Crippen molar-refractivity contribution in [1.82, 2.24) is 19.2 Å². The van der Waals surface area contributed by atoms with E-state index in [0.717, 1.165) is 24.5 Å². The van der Waals surface area contributed by atoms with Crippen molar-refractivity contribution in [3.8, 4) is 10.9 Å². The van der Waals surface area contributed by atoms with E-state index in [1.165, 1.54) is 22.7 Å². The second-order valence-electron chi connectivity index (χ2n) is 9.82. The van der Waals surface area contributed by atoms with E-state index >= 15 is 0 Å². The number of aromatic nitrogens is 2. The van der Waals surface area contributed by atoms with E-state index < -0.39 is 0 Å². The Hall–Kier alpha value is -4.33. The molecule has 1 fully saturated rings.